The van der Waals surface area contributed by atoms with Crippen LogP contribution in [0, 0.1) is 18.3 Å². The fraction of sp³-hybridized carbons (Fsp3) is 0.263. The number of amides is 1. The number of carbonyl (C=O) groups is 1. The van der Waals surface area contributed by atoms with Crippen LogP contribution in [0.3, 0.4) is 0 Å². The van der Waals surface area contributed by atoms with E-state index in [1.807, 2.05) is 37.3 Å². The van der Waals surface area contributed by atoms with Crippen molar-refractivity contribution in [2.45, 2.75) is 19.9 Å². The van der Waals surface area contributed by atoms with Gasteiger partial charge in [0, 0.05) is 25.2 Å². The van der Waals surface area contributed by atoms with Crippen LogP contribution in [-0.2, 0) is 21.4 Å². The number of hydrogen-bond donors (Lipinski definition) is 1. The second kappa shape index (κ2) is 8.61. The summed E-state index contributed by atoms with van der Waals surface area (Å²) in [6, 6.07) is 16.2. The van der Waals surface area contributed by atoms with Gasteiger partial charge >= 0.3 is 0 Å². The molecule has 0 atom stereocenters. The van der Waals surface area contributed by atoms with E-state index in [1.165, 1.54) is 4.31 Å². The summed E-state index contributed by atoms with van der Waals surface area (Å²) < 4.78 is 25.3. The molecule has 2 aromatic rings. The Bertz CT molecular complexity index is 916. The average Bonchev–Trinajstić information content (AvgIpc) is 2.59. The van der Waals surface area contributed by atoms with Crippen LogP contribution in [0.5, 0.6) is 0 Å². The van der Waals surface area contributed by atoms with E-state index in [4.69, 9.17) is 5.26 Å². The summed E-state index contributed by atoms with van der Waals surface area (Å²) in [6.07, 6.45) is 1.16. The van der Waals surface area contributed by atoms with Gasteiger partial charge in [-0.15, -0.1) is 0 Å². The molecule has 0 saturated carbocycles. The molecule has 136 valence electrons. The highest BCUT2D eigenvalue weighted by molar-refractivity contribution is 7.88. The maximum Gasteiger partial charge on any atom is 0.225 e. The predicted molar refractivity (Wildman–Crippen MR) is 101 cm³/mol. The van der Waals surface area contributed by atoms with E-state index >= 15 is 0 Å². The molecule has 0 spiro atoms. The molecule has 0 radical (unpaired) electrons. The summed E-state index contributed by atoms with van der Waals surface area (Å²) in [6.45, 7) is 2.26. The third-order valence-electron chi connectivity index (χ3n) is 3.81. The van der Waals surface area contributed by atoms with E-state index in [2.05, 4.69) is 5.32 Å². The molecule has 0 aliphatic carbocycles. The van der Waals surface area contributed by atoms with Gasteiger partial charge in [-0.05, 0) is 30.7 Å². The molecule has 0 aliphatic rings. The van der Waals surface area contributed by atoms with Crippen LogP contribution >= 0.6 is 0 Å². The molecule has 7 heteroatoms. The Morgan fingerprint density at radius 3 is 2.50 bits per heavy atom. The van der Waals surface area contributed by atoms with Gasteiger partial charge < -0.3 is 5.32 Å². The van der Waals surface area contributed by atoms with Crippen molar-refractivity contribution in [2.75, 3.05) is 18.1 Å². The summed E-state index contributed by atoms with van der Waals surface area (Å²) in [4.78, 5) is 12.1. The molecule has 0 fully saturated rings. The number of anilines is 1. The minimum absolute atomic E-state index is 0.0235. The smallest absolute Gasteiger partial charge is 0.225 e. The van der Waals surface area contributed by atoms with Gasteiger partial charge in [0.25, 0.3) is 0 Å². The van der Waals surface area contributed by atoms with Crippen molar-refractivity contribution in [2.24, 2.45) is 0 Å². The number of sulfonamides is 1. The fourth-order valence-electron chi connectivity index (χ4n) is 2.38. The third kappa shape index (κ3) is 5.99. The minimum Gasteiger partial charge on any atom is -0.326 e. The van der Waals surface area contributed by atoms with Crippen molar-refractivity contribution in [1.82, 2.24) is 4.31 Å². The number of nitrogens with zero attached hydrogens (tertiary/aromatic N) is 2. The van der Waals surface area contributed by atoms with Crippen LogP contribution in [-0.4, -0.2) is 31.4 Å². The summed E-state index contributed by atoms with van der Waals surface area (Å²) in [5.74, 6) is -0.308. The lowest BCUT2D eigenvalue weighted by atomic mass is 10.1. The molecule has 6 nitrogen and oxygen atoms in total. The Hall–Kier alpha value is -2.69. The van der Waals surface area contributed by atoms with Crippen molar-refractivity contribution < 1.29 is 13.2 Å². The highest BCUT2D eigenvalue weighted by Crippen LogP contribution is 2.13. The normalized spacial score (nSPS) is 11.2. The van der Waals surface area contributed by atoms with Crippen LogP contribution in [0.15, 0.2) is 48.5 Å². The second-order valence-corrected chi connectivity index (χ2v) is 8.06. The molecule has 0 aromatic heterocycles. The van der Waals surface area contributed by atoms with Crippen LogP contribution < -0.4 is 5.32 Å². The summed E-state index contributed by atoms with van der Waals surface area (Å²) >= 11 is 0. The predicted octanol–water partition coefficient (Wildman–Crippen LogP) is 2.66. The average molecular weight is 371 g/mol. The van der Waals surface area contributed by atoms with Crippen LogP contribution in [0.25, 0.3) is 0 Å². The summed E-state index contributed by atoms with van der Waals surface area (Å²) in [7, 11) is -3.44. The number of carbonyl (C=O) groups excluding carboxylic acids is 1. The number of nitrogens with one attached hydrogen (secondary N) is 1. The van der Waals surface area contributed by atoms with E-state index in [1.54, 1.807) is 24.3 Å². The van der Waals surface area contributed by atoms with E-state index in [9.17, 15) is 13.2 Å². The number of aryl methyl sites for hydroxylation is 1. The minimum atomic E-state index is -3.44. The van der Waals surface area contributed by atoms with Crippen molar-refractivity contribution >= 4 is 21.6 Å². The Kier molecular flexibility index (Phi) is 6.50. The first-order valence-electron chi connectivity index (χ1n) is 8.08. The SMILES string of the molecule is Cc1ccc(CN(CCC(=O)Nc2cccc(C#N)c2)S(C)(=O)=O)cc1. The van der Waals surface area contributed by atoms with Gasteiger partial charge in [0.05, 0.1) is 17.9 Å². The zero-order chi connectivity index (χ0) is 19.2. The standard InChI is InChI=1S/C19H21N3O3S/c1-15-6-8-16(9-7-15)14-22(26(2,24)25)11-10-19(23)21-18-5-3-4-17(12-18)13-20/h3-9,12H,10-11,14H2,1-2H3,(H,21,23). The largest absolute Gasteiger partial charge is 0.326 e. The molecule has 0 aliphatic heterocycles. The zero-order valence-corrected chi connectivity index (χ0v) is 15.6. The highest BCUT2D eigenvalue weighted by Gasteiger charge is 2.18. The molecular formula is C19H21N3O3S. The Balaban J connectivity index is 1.99. The Labute approximate surface area is 154 Å². The number of benzene rings is 2. The molecule has 1 amide bonds. The molecule has 0 saturated heterocycles. The molecule has 1 N–H and O–H groups in total. The molecule has 0 unspecified atom stereocenters. The highest BCUT2D eigenvalue weighted by atomic mass is 32.2. The van der Waals surface area contributed by atoms with Gasteiger partial charge in [-0.3, -0.25) is 4.79 Å². The van der Waals surface area contributed by atoms with Crippen LogP contribution in [0.1, 0.15) is 23.1 Å². The topological polar surface area (TPSA) is 90.3 Å². The lowest BCUT2D eigenvalue weighted by molar-refractivity contribution is -0.116. The van der Waals surface area contributed by atoms with Crippen LogP contribution in [0.4, 0.5) is 5.69 Å². The lowest BCUT2D eigenvalue weighted by Gasteiger charge is -2.20. The van der Waals surface area contributed by atoms with Crippen molar-refractivity contribution in [3.05, 3.63) is 65.2 Å². The number of rotatable bonds is 7. The first kappa shape index (κ1) is 19.6. The number of nitriles is 1. The summed E-state index contributed by atoms with van der Waals surface area (Å²) in [5, 5.41) is 11.6. The van der Waals surface area contributed by atoms with Crippen molar-refractivity contribution in [1.29, 1.82) is 5.26 Å². The molecule has 2 rings (SSSR count). The van der Waals surface area contributed by atoms with E-state index in [0.717, 1.165) is 17.4 Å². The van der Waals surface area contributed by atoms with Gasteiger partial charge in [0.15, 0.2) is 0 Å². The fourth-order valence-corrected chi connectivity index (χ4v) is 3.18. The monoisotopic (exact) mass is 371 g/mol. The third-order valence-corrected chi connectivity index (χ3v) is 5.06. The first-order valence-corrected chi connectivity index (χ1v) is 9.93. The molecule has 26 heavy (non-hydrogen) atoms. The van der Waals surface area contributed by atoms with Crippen LogP contribution in [0.2, 0.25) is 0 Å². The van der Waals surface area contributed by atoms with E-state index < -0.39 is 10.0 Å². The lowest BCUT2D eigenvalue weighted by Crippen LogP contribution is -2.32. The number of hydrogen-bond acceptors (Lipinski definition) is 4. The zero-order valence-electron chi connectivity index (χ0n) is 14.8. The maximum absolute atomic E-state index is 12.1. The van der Waals surface area contributed by atoms with Gasteiger partial charge in [0.2, 0.25) is 15.9 Å². The van der Waals surface area contributed by atoms with E-state index in [0.29, 0.717) is 11.3 Å². The van der Waals surface area contributed by atoms with Gasteiger partial charge in [0.1, 0.15) is 0 Å². The Morgan fingerprint density at radius 1 is 1.19 bits per heavy atom. The second-order valence-electron chi connectivity index (χ2n) is 6.07. The van der Waals surface area contributed by atoms with E-state index in [-0.39, 0.29) is 25.4 Å². The Morgan fingerprint density at radius 2 is 1.88 bits per heavy atom. The summed E-state index contributed by atoms with van der Waals surface area (Å²) in [5.41, 5.74) is 2.92. The van der Waals surface area contributed by atoms with Gasteiger partial charge in [-0.1, -0.05) is 35.9 Å². The van der Waals surface area contributed by atoms with Gasteiger partial charge in [-0.2, -0.15) is 9.57 Å². The molecule has 0 heterocycles. The molecular weight excluding hydrogens is 350 g/mol. The van der Waals surface area contributed by atoms with Crippen molar-refractivity contribution in [3.8, 4) is 6.07 Å². The molecule has 2 aromatic carbocycles. The maximum atomic E-state index is 12.1. The van der Waals surface area contributed by atoms with Crippen molar-refractivity contribution in [3.63, 3.8) is 0 Å². The first-order chi connectivity index (χ1) is 12.3. The van der Waals surface area contributed by atoms with Gasteiger partial charge in [-0.25, -0.2) is 8.42 Å². The quantitative estimate of drug-likeness (QED) is 0.810. The molecule has 0 bridgehead atoms.